The number of nitrogens with two attached hydrogens (primary N) is 1. The Labute approximate surface area is 178 Å². The molecular weight excluding hydrogens is 517 g/mol. The molecule has 0 amide bonds. The van der Waals surface area contributed by atoms with Crippen molar-refractivity contribution in [1.29, 1.82) is 0 Å². The Hall–Kier alpha value is -1.17. The smallest absolute Gasteiger partial charge is 0.387 e. The van der Waals surface area contributed by atoms with Gasteiger partial charge in [0.05, 0.1) is 15.5 Å². The summed E-state index contributed by atoms with van der Waals surface area (Å²) in [5, 5.41) is 20.7. The van der Waals surface area contributed by atoms with E-state index < -0.39 is 78.1 Å². The fourth-order valence-corrected chi connectivity index (χ4v) is 5.20. The summed E-state index contributed by atoms with van der Waals surface area (Å²) >= 11 is 0. The number of aliphatic hydroxyl groups excluding tert-OH is 1. The van der Waals surface area contributed by atoms with Gasteiger partial charge < -0.3 is 40.3 Å². The van der Waals surface area contributed by atoms with Gasteiger partial charge in [0.25, 0.3) is 0 Å². The van der Waals surface area contributed by atoms with Crippen LogP contribution in [0.25, 0.3) is 0 Å². The van der Waals surface area contributed by atoms with Gasteiger partial charge in [-0.25, -0.2) is 27.3 Å². The van der Waals surface area contributed by atoms with Crippen LogP contribution in [-0.4, -0.2) is 70.4 Å². The van der Waals surface area contributed by atoms with E-state index in [0.717, 1.165) is 0 Å². The SMILES string of the molecule is [2H]C([2H])(OP(=O)(O)OP(=O)(O)OP(=O)(O)O)[C@H]1O[C@@H](n2cc(F)c(N)nc2=O)C(O)(CF)[C@H]1O. The molecule has 3 unspecified atom stereocenters. The highest BCUT2D eigenvalue weighted by Crippen LogP contribution is 2.66. The average Bonchev–Trinajstić information content (AvgIpc) is 2.87. The minimum absolute atomic E-state index is 0.0788. The van der Waals surface area contributed by atoms with Crippen LogP contribution in [0.5, 0.6) is 0 Å². The molecule has 6 atom stereocenters. The molecule has 0 aromatic carbocycles. The minimum Gasteiger partial charge on any atom is -0.387 e. The van der Waals surface area contributed by atoms with E-state index in [4.69, 9.17) is 27.9 Å². The topological polar surface area (TPSA) is 270 Å². The molecule has 0 saturated carbocycles. The number of phosphoric acid groups is 3. The monoisotopic (exact) mass is 535 g/mol. The third kappa shape index (κ3) is 6.24. The van der Waals surface area contributed by atoms with Gasteiger partial charge in [0, 0.05) is 0 Å². The second kappa shape index (κ2) is 9.23. The zero-order chi connectivity index (χ0) is 26.5. The summed E-state index contributed by atoms with van der Waals surface area (Å²) in [6.07, 6.45) is -7.57. The molecule has 22 heteroatoms. The third-order valence-corrected chi connectivity index (χ3v) is 7.27. The van der Waals surface area contributed by atoms with E-state index >= 15 is 0 Å². The first-order valence-electron chi connectivity index (χ1n) is 8.65. The molecule has 2 heterocycles. The Morgan fingerprint density at radius 2 is 1.88 bits per heavy atom. The molecule has 32 heavy (non-hydrogen) atoms. The summed E-state index contributed by atoms with van der Waals surface area (Å²) in [5.74, 6) is -2.29. The predicted molar refractivity (Wildman–Crippen MR) is 93.5 cm³/mol. The standard InChI is InChI=1S/C10H16F2N3O14P3/c11-3-10(18)6(16)5(27-8(10)15-1-4(12)7(13)14-9(15)17)2-26-31(22,23)29-32(24,25)28-30(19,20)21/h1,5-6,8,16,18H,2-3H2,(H,22,23)(H,24,25)(H2,13,14,17)(H2,19,20,21)/t5-,6+,8-,10?/m1/s1/i2D2. The maximum Gasteiger partial charge on any atom is 0.490 e. The molecule has 0 bridgehead atoms. The van der Waals surface area contributed by atoms with Crippen molar-refractivity contribution in [2.24, 2.45) is 0 Å². The van der Waals surface area contributed by atoms with Crippen molar-refractivity contribution >= 4 is 29.3 Å². The molecule has 1 aliphatic heterocycles. The van der Waals surface area contributed by atoms with Gasteiger partial charge in [0.2, 0.25) is 0 Å². The zero-order valence-corrected chi connectivity index (χ0v) is 17.7. The average molecular weight is 535 g/mol. The largest absolute Gasteiger partial charge is 0.490 e. The summed E-state index contributed by atoms with van der Waals surface area (Å²) in [6, 6.07) is 0. The molecule has 8 N–H and O–H groups in total. The highest BCUT2D eigenvalue weighted by Gasteiger charge is 2.57. The fourth-order valence-electron chi connectivity index (χ4n) is 2.32. The van der Waals surface area contributed by atoms with Crippen molar-refractivity contribution in [2.45, 2.75) is 24.0 Å². The highest BCUT2D eigenvalue weighted by atomic mass is 31.3. The molecule has 2 rings (SSSR count). The molecule has 1 fully saturated rings. The Morgan fingerprint density at radius 3 is 2.41 bits per heavy atom. The molecule has 17 nitrogen and oxygen atoms in total. The van der Waals surface area contributed by atoms with Gasteiger partial charge in [-0.15, -0.1) is 0 Å². The van der Waals surface area contributed by atoms with E-state index in [1.807, 2.05) is 0 Å². The second-order valence-electron chi connectivity index (χ2n) is 5.94. The number of aliphatic hydroxyl groups is 2. The lowest BCUT2D eigenvalue weighted by atomic mass is 9.95. The van der Waals surface area contributed by atoms with Crippen LogP contribution in [0, 0.1) is 5.82 Å². The highest BCUT2D eigenvalue weighted by molar-refractivity contribution is 7.66. The van der Waals surface area contributed by atoms with Crippen molar-refractivity contribution in [3.8, 4) is 0 Å². The van der Waals surface area contributed by atoms with Gasteiger partial charge >= 0.3 is 29.2 Å². The summed E-state index contributed by atoms with van der Waals surface area (Å²) in [5.41, 5.74) is 0.411. The van der Waals surface area contributed by atoms with Crippen LogP contribution >= 0.6 is 23.5 Å². The van der Waals surface area contributed by atoms with Gasteiger partial charge in [-0.3, -0.25) is 9.09 Å². The van der Waals surface area contributed by atoms with Crippen LogP contribution in [0.15, 0.2) is 11.0 Å². The van der Waals surface area contributed by atoms with Crippen molar-refractivity contribution in [3.63, 3.8) is 0 Å². The van der Waals surface area contributed by atoms with E-state index in [9.17, 15) is 42.4 Å². The van der Waals surface area contributed by atoms with E-state index in [1.165, 1.54) is 0 Å². The van der Waals surface area contributed by atoms with Crippen LogP contribution in [0.4, 0.5) is 14.6 Å². The maximum absolute atomic E-state index is 13.8. The molecule has 1 aliphatic rings. The second-order valence-corrected chi connectivity index (χ2v) is 10.3. The zero-order valence-electron chi connectivity index (χ0n) is 17.0. The number of phosphoric ester groups is 1. The molecule has 1 saturated heterocycles. The first-order chi connectivity index (χ1) is 15.1. The molecule has 1 aromatic heterocycles. The van der Waals surface area contributed by atoms with Gasteiger partial charge in [-0.05, 0) is 0 Å². The van der Waals surface area contributed by atoms with Crippen LogP contribution in [0.2, 0.25) is 0 Å². The number of nitrogens with zero attached hydrogens (tertiary/aromatic N) is 2. The molecule has 0 aliphatic carbocycles. The lowest BCUT2D eigenvalue weighted by Gasteiger charge is -2.28. The number of ether oxygens (including phenoxy) is 1. The van der Waals surface area contributed by atoms with Gasteiger partial charge in [-0.1, -0.05) is 0 Å². The number of nitrogen functional groups attached to an aromatic ring is 1. The van der Waals surface area contributed by atoms with Crippen LogP contribution in [0.3, 0.4) is 0 Å². The fraction of sp³-hybridized carbons (Fsp3) is 0.600. The molecule has 0 radical (unpaired) electrons. The summed E-state index contributed by atoms with van der Waals surface area (Å²) < 4.78 is 92.4. The van der Waals surface area contributed by atoms with E-state index in [0.29, 0.717) is 0 Å². The van der Waals surface area contributed by atoms with Gasteiger partial charge in [-0.2, -0.15) is 13.6 Å². The first kappa shape index (κ1) is 24.0. The first-order valence-corrected chi connectivity index (χ1v) is 12.2. The molecule has 0 spiro atoms. The van der Waals surface area contributed by atoms with Crippen molar-refractivity contribution in [1.82, 2.24) is 9.55 Å². The van der Waals surface area contributed by atoms with Gasteiger partial charge in [0.1, 0.15) is 18.9 Å². The van der Waals surface area contributed by atoms with Crippen molar-refractivity contribution in [2.75, 3.05) is 19.0 Å². The summed E-state index contributed by atoms with van der Waals surface area (Å²) in [6.45, 7) is -5.81. The number of aromatic nitrogens is 2. The van der Waals surface area contributed by atoms with Crippen LogP contribution in [-0.2, 0) is 31.6 Å². The number of rotatable bonds is 9. The van der Waals surface area contributed by atoms with E-state index in [-0.39, 0.29) is 10.8 Å². The minimum atomic E-state index is -6.15. The summed E-state index contributed by atoms with van der Waals surface area (Å²) in [7, 11) is -18.0. The Balaban J connectivity index is 2.38. The Bertz CT molecular complexity index is 1150. The maximum atomic E-state index is 13.8. The normalized spacial score (nSPS) is 31.4. The molecule has 184 valence electrons. The number of halogens is 2. The van der Waals surface area contributed by atoms with Crippen molar-refractivity contribution in [3.05, 3.63) is 22.5 Å². The number of hydrogen-bond acceptors (Lipinski definition) is 12. The molecule has 1 aromatic rings. The predicted octanol–water partition coefficient (Wildman–Crippen LogP) is -1.73. The van der Waals surface area contributed by atoms with E-state index in [1.54, 1.807) is 0 Å². The molecular formula is C10H16F2N3O14P3. The quantitative estimate of drug-likeness (QED) is 0.173. The Kier molecular flexibility index (Phi) is 6.91. The number of alkyl halides is 1. The lowest BCUT2D eigenvalue weighted by Crippen LogP contribution is -2.50. The van der Waals surface area contributed by atoms with Gasteiger partial charge in [0.15, 0.2) is 23.5 Å². The lowest BCUT2D eigenvalue weighted by molar-refractivity contribution is -0.121. The Morgan fingerprint density at radius 1 is 1.28 bits per heavy atom. The van der Waals surface area contributed by atoms with Crippen LogP contribution < -0.4 is 11.4 Å². The van der Waals surface area contributed by atoms with E-state index in [2.05, 4.69) is 18.1 Å². The summed E-state index contributed by atoms with van der Waals surface area (Å²) in [4.78, 5) is 50.6. The van der Waals surface area contributed by atoms with Crippen molar-refractivity contribution < 1.29 is 72.9 Å². The number of anilines is 1. The number of hydrogen-bond donors (Lipinski definition) is 7. The third-order valence-electron chi connectivity index (χ3n) is 3.60. The van der Waals surface area contributed by atoms with Crippen LogP contribution in [0.1, 0.15) is 8.97 Å².